The van der Waals surface area contributed by atoms with Crippen LogP contribution < -0.4 is 15.4 Å². The van der Waals surface area contributed by atoms with Crippen LogP contribution in [0.3, 0.4) is 0 Å². The number of anilines is 2. The Morgan fingerprint density at radius 3 is 2.72 bits per heavy atom. The van der Waals surface area contributed by atoms with Crippen LogP contribution in [0.2, 0.25) is 5.02 Å². The normalized spacial score (nSPS) is 10.9. The number of benzene rings is 3. The zero-order valence-electron chi connectivity index (χ0n) is 19.2. The summed E-state index contributed by atoms with van der Waals surface area (Å²) in [7, 11) is 1.57. The van der Waals surface area contributed by atoms with E-state index in [4.69, 9.17) is 21.3 Å². The molecule has 0 bridgehead atoms. The molecule has 0 fully saturated rings. The smallest absolute Gasteiger partial charge is 0.255 e. The molecule has 0 spiro atoms. The number of amides is 1. The molecular weight excluding hydrogens is 542 g/mol. The van der Waals surface area contributed by atoms with Gasteiger partial charge in [0.15, 0.2) is 5.65 Å². The standard InChI is InChI=1S/C27H21BrClN5O2/c1-36-20-9-5-7-18(13-20)27(35)32-19-8-4-6-17(12-19)15-30-25-14-24(21-10-2-3-11-23(21)29)33-26-22(28)16-31-34(25)26/h2-14,16,30H,15H2,1H3,(H,32,35). The first-order valence-electron chi connectivity index (χ1n) is 11.1. The van der Waals surface area contributed by atoms with Crippen molar-refractivity contribution < 1.29 is 9.53 Å². The van der Waals surface area contributed by atoms with Crippen LogP contribution in [-0.4, -0.2) is 27.6 Å². The zero-order chi connectivity index (χ0) is 25.1. The van der Waals surface area contributed by atoms with Gasteiger partial charge in [-0.05, 0) is 57.9 Å². The minimum atomic E-state index is -0.208. The lowest BCUT2D eigenvalue weighted by Crippen LogP contribution is -2.12. The number of aromatic nitrogens is 3. The van der Waals surface area contributed by atoms with Crippen molar-refractivity contribution in [3.8, 4) is 17.0 Å². The lowest BCUT2D eigenvalue weighted by molar-refractivity contribution is 0.102. The van der Waals surface area contributed by atoms with E-state index in [1.165, 1.54) is 0 Å². The summed E-state index contributed by atoms with van der Waals surface area (Å²) in [5, 5.41) is 11.4. The average molecular weight is 563 g/mol. The molecule has 7 nitrogen and oxygen atoms in total. The Kier molecular flexibility index (Phi) is 6.88. The van der Waals surface area contributed by atoms with Gasteiger partial charge in [0.1, 0.15) is 11.6 Å². The van der Waals surface area contributed by atoms with E-state index in [2.05, 4.69) is 31.7 Å². The number of hydrogen-bond donors (Lipinski definition) is 2. The molecule has 0 radical (unpaired) electrons. The molecule has 0 saturated heterocycles. The third kappa shape index (κ3) is 5.05. The SMILES string of the molecule is COc1cccc(C(=O)Nc2cccc(CNc3cc(-c4ccccc4Cl)nc4c(Br)cnn34)c2)c1. The largest absolute Gasteiger partial charge is 0.497 e. The van der Waals surface area contributed by atoms with Gasteiger partial charge in [-0.1, -0.05) is 48.0 Å². The van der Waals surface area contributed by atoms with Crippen LogP contribution in [0.4, 0.5) is 11.5 Å². The molecule has 3 aromatic carbocycles. The van der Waals surface area contributed by atoms with Gasteiger partial charge in [0.05, 0.1) is 23.5 Å². The Bertz CT molecular complexity index is 1570. The van der Waals surface area contributed by atoms with Gasteiger partial charge in [-0.2, -0.15) is 9.61 Å². The van der Waals surface area contributed by atoms with Crippen molar-refractivity contribution in [3.05, 3.63) is 106 Å². The lowest BCUT2D eigenvalue weighted by Gasteiger charge is -2.13. The van der Waals surface area contributed by atoms with Crippen LogP contribution in [0.1, 0.15) is 15.9 Å². The van der Waals surface area contributed by atoms with E-state index in [1.807, 2.05) is 54.6 Å². The second-order valence-electron chi connectivity index (χ2n) is 7.97. The molecule has 1 amide bonds. The number of nitrogens with zero attached hydrogens (tertiary/aromatic N) is 3. The number of carbonyl (C=O) groups is 1. The molecule has 0 unspecified atom stereocenters. The van der Waals surface area contributed by atoms with E-state index in [-0.39, 0.29) is 5.91 Å². The second-order valence-corrected chi connectivity index (χ2v) is 9.24. The van der Waals surface area contributed by atoms with E-state index in [1.54, 1.807) is 42.1 Å². The minimum Gasteiger partial charge on any atom is -0.497 e. The summed E-state index contributed by atoms with van der Waals surface area (Å²) < 4.78 is 7.73. The fourth-order valence-corrected chi connectivity index (χ4v) is 4.37. The first-order chi connectivity index (χ1) is 17.5. The van der Waals surface area contributed by atoms with Gasteiger partial charge in [0.2, 0.25) is 0 Å². The summed E-state index contributed by atoms with van der Waals surface area (Å²) in [5.74, 6) is 1.18. The van der Waals surface area contributed by atoms with Gasteiger partial charge >= 0.3 is 0 Å². The van der Waals surface area contributed by atoms with E-state index < -0.39 is 0 Å². The molecule has 0 aliphatic heterocycles. The summed E-state index contributed by atoms with van der Waals surface area (Å²) in [4.78, 5) is 17.4. The number of carbonyl (C=O) groups excluding carboxylic acids is 1. The summed E-state index contributed by atoms with van der Waals surface area (Å²) in [6.45, 7) is 0.501. The number of rotatable bonds is 7. The van der Waals surface area contributed by atoms with Crippen molar-refractivity contribution in [1.29, 1.82) is 0 Å². The second kappa shape index (κ2) is 10.4. The number of ether oxygens (including phenoxy) is 1. The van der Waals surface area contributed by atoms with E-state index >= 15 is 0 Å². The Hall–Kier alpha value is -3.88. The molecule has 36 heavy (non-hydrogen) atoms. The monoisotopic (exact) mass is 561 g/mol. The Balaban J connectivity index is 1.37. The maximum absolute atomic E-state index is 12.7. The Morgan fingerprint density at radius 2 is 1.89 bits per heavy atom. The molecule has 180 valence electrons. The highest BCUT2D eigenvalue weighted by Crippen LogP contribution is 2.30. The zero-order valence-corrected chi connectivity index (χ0v) is 21.5. The number of fused-ring (bicyclic) bond motifs is 1. The lowest BCUT2D eigenvalue weighted by atomic mass is 10.1. The maximum atomic E-state index is 12.7. The van der Waals surface area contributed by atoms with Crippen molar-refractivity contribution in [2.45, 2.75) is 6.54 Å². The van der Waals surface area contributed by atoms with E-state index in [0.29, 0.717) is 34.2 Å². The number of halogens is 2. The predicted molar refractivity (Wildman–Crippen MR) is 146 cm³/mol. The fourth-order valence-electron chi connectivity index (χ4n) is 3.79. The molecule has 0 aliphatic carbocycles. The fraction of sp³-hybridized carbons (Fsp3) is 0.0741. The average Bonchev–Trinajstić information content (AvgIpc) is 3.28. The first kappa shape index (κ1) is 23.8. The molecular formula is C27H21BrClN5O2. The van der Waals surface area contributed by atoms with E-state index in [0.717, 1.165) is 27.1 Å². The van der Waals surface area contributed by atoms with Crippen molar-refractivity contribution in [3.63, 3.8) is 0 Å². The van der Waals surface area contributed by atoms with E-state index in [9.17, 15) is 4.79 Å². The van der Waals surface area contributed by atoms with Crippen LogP contribution in [0, 0.1) is 0 Å². The molecule has 2 N–H and O–H groups in total. The summed E-state index contributed by atoms with van der Waals surface area (Å²) in [6.07, 6.45) is 1.71. The van der Waals surface area contributed by atoms with Gasteiger partial charge in [0, 0.05) is 34.4 Å². The predicted octanol–water partition coefficient (Wildman–Crippen LogP) is 6.69. The quantitative estimate of drug-likeness (QED) is 0.231. The molecule has 0 atom stereocenters. The topological polar surface area (TPSA) is 80.5 Å². The summed E-state index contributed by atoms with van der Waals surface area (Å²) in [5.41, 5.74) is 4.44. The number of hydrogen-bond acceptors (Lipinski definition) is 5. The van der Waals surface area contributed by atoms with Gasteiger partial charge in [-0.25, -0.2) is 4.98 Å². The molecule has 2 aromatic heterocycles. The highest BCUT2D eigenvalue weighted by molar-refractivity contribution is 9.10. The summed E-state index contributed by atoms with van der Waals surface area (Å²) >= 11 is 9.96. The molecule has 0 saturated carbocycles. The molecule has 2 heterocycles. The molecule has 5 aromatic rings. The van der Waals surface area contributed by atoms with Crippen molar-refractivity contribution in [2.75, 3.05) is 17.7 Å². The Morgan fingerprint density at radius 1 is 1.06 bits per heavy atom. The molecule has 0 aliphatic rings. The molecule has 9 heteroatoms. The van der Waals surface area contributed by atoms with Gasteiger partial charge in [-0.3, -0.25) is 4.79 Å². The molecule has 5 rings (SSSR count). The minimum absolute atomic E-state index is 0.208. The highest BCUT2D eigenvalue weighted by Gasteiger charge is 2.13. The first-order valence-corrected chi connectivity index (χ1v) is 12.3. The highest BCUT2D eigenvalue weighted by atomic mass is 79.9. The summed E-state index contributed by atoms with van der Waals surface area (Å²) in [6, 6.07) is 24.2. The van der Waals surface area contributed by atoms with Crippen LogP contribution in [-0.2, 0) is 6.54 Å². The van der Waals surface area contributed by atoms with Crippen LogP contribution in [0.5, 0.6) is 5.75 Å². The third-order valence-electron chi connectivity index (χ3n) is 5.57. The van der Waals surface area contributed by atoms with Crippen molar-refractivity contribution >= 4 is 50.6 Å². The maximum Gasteiger partial charge on any atom is 0.255 e. The van der Waals surface area contributed by atoms with Crippen molar-refractivity contribution in [1.82, 2.24) is 14.6 Å². The Labute approximate surface area is 221 Å². The van der Waals surface area contributed by atoms with Crippen LogP contribution >= 0.6 is 27.5 Å². The van der Waals surface area contributed by atoms with Gasteiger partial charge in [-0.15, -0.1) is 0 Å². The van der Waals surface area contributed by atoms with Crippen LogP contribution in [0.15, 0.2) is 89.5 Å². The number of nitrogens with one attached hydrogen (secondary N) is 2. The number of methoxy groups -OCH3 is 1. The third-order valence-corrected chi connectivity index (χ3v) is 6.46. The van der Waals surface area contributed by atoms with Gasteiger partial charge in [0.25, 0.3) is 5.91 Å². The van der Waals surface area contributed by atoms with Gasteiger partial charge < -0.3 is 15.4 Å². The van der Waals surface area contributed by atoms with Crippen LogP contribution in [0.25, 0.3) is 16.9 Å². The van der Waals surface area contributed by atoms with Crippen molar-refractivity contribution in [2.24, 2.45) is 0 Å².